The first-order valence-electron chi connectivity index (χ1n) is 5.92. The molecule has 0 saturated heterocycles. The third-order valence-corrected chi connectivity index (χ3v) is 3.19. The summed E-state index contributed by atoms with van der Waals surface area (Å²) >= 11 is 5.95. The van der Waals surface area contributed by atoms with Crippen LogP contribution in [0.1, 0.15) is 33.6 Å². The Morgan fingerprint density at radius 1 is 1.41 bits per heavy atom. The van der Waals surface area contributed by atoms with Gasteiger partial charge in [-0.3, -0.25) is 0 Å². The zero-order chi connectivity index (χ0) is 12.7. The summed E-state index contributed by atoms with van der Waals surface area (Å²) in [7, 11) is 0. The molecule has 0 radical (unpaired) electrons. The van der Waals surface area contributed by atoms with Gasteiger partial charge in [0.1, 0.15) is 12.1 Å². The first-order chi connectivity index (χ1) is 8.13. The molecule has 4 nitrogen and oxygen atoms in total. The molecule has 0 bridgehead atoms. The van der Waals surface area contributed by atoms with Gasteiger partial charge in [0, 0.05) is 17.5 Å². The van der Waals surface area contributed by atoms with Gasteiger partial charge in [-0.1, -0.05) is 13.8 Å². The number of hydrogen-bond donors (Lipinski definition) is 1. The smallest absolute Gasteiger partial charge is 0.218 e. The quantitative estimate of drug-likeness (QED) is 0.763. The van der Waals surface area contributed by atoms with Gasteiger partial charge in [0.25, 0.3) is 0 Å². The van der Waals surface area contributed by atoms with Gasteiger partial charge in [0.05, 0.1) is 6.61 Å². The minimum atomic E-state index is -0.155. The third-order valence-electron chi connectivity index (χ3n) is 2.60. The van der Waals surface area contributed by atoms with Crippen molar-refractivity contribution in [3.8, 4) is 5.88 Å². The summed E-state index contributed by atoms with van der Waals surface area (Å²) in [5, 5.41) is 3.31. The summed E-state index contributed by atoms with van der Waals surface area (Å²) in [6.07, 6.45) is 3.38. The van der Waals surface area contributed by atoms with Crippen molar-refractivity contribution in [2.75, 3.05) is 17.8 Å². The number of ether oxygens (including phenoxy) is 1. The molecule has 1 atom stereocenters. The Morgan fingerprint density at radius 3 is 2.76 bits per heavy atom. The first kappa shape index (κ1) is 14.0. The Kier molecular flexibility index (Phi) is 5.48. The molecule has 0 aromatic carbocycles. The van der Waals surface area contributed by atoms with Crippen molar-refractivity contribution >= 4 is 17.4 Å². The summed E-state index contributed by atoms with van der Waals surface area (Å²) in [6.45, 7) is 6.87. The van der Waals surface area contributed by atoms with Crippen molar-refractivity contribution in [2.45, 2.75) is 39.2 Å². The van der Waals surface area contributed by atoms with Gasteiger partial charge in [-0.15, -0.1) is 11.6 Å². The maximum absolute atomic E-state index is 5.95. The van der Waals surface area contributed by atoms with Gasteiger partial charge in [-0.2, -0.15) is 0 Å². The second-order valence-electron chi connectivity index (χ2n) is 4.26. The minimum Gasteiger partial charge on any atom is -0.478 e. The van der Waals surface area contributed by atoms with E-state index in [1.165, 1.54) is 6.33 Å². The Balaban J connectivity index is 2.71. The second-order valence-corrected chi connectivity index (χ2v) is 4.53. The lowest BCUT2D eigenvalue weighted by Crippen LogP contribution is -2.36. The zero-order valence-corrected chi connectivity index (χ0v) is 11.4. The summed E-state index contributed by atoms with van der Waals surface area (Å²) in [5.41, 5.74) is -0.155. The van der Waals surface area contributed by atoms with Gasteiger partial charge in [-0.25, -0.2) is 9.97 Å². The molecule has 1 heterocycles. The van der Waals surface area contributed by atoms with E-state index in [0.717, 1.165) is 18.7 Å². The van der Waals surface area contributed by atoms with Crippen LogP contribution in [-0.2, 0) is 0 Å². The van der Waals surface area contributed by atoms with Gasteiger partial charge in [-0.05, 0) is 19.8 Å². The largest absolute Gasteiger partial charge is 0.478 e. The van der Waals surface area contributed by atoms with E-state index in [-0.39, 0.29) is 5.54 Å². The average Bonchev–Trinajstić information content (AvgIpc) is 2.36. The molecule has 1 unspecified atom stereocenters. The zero-order valence-electron chi connectivity index (χ0n) is 10.7. The SMILES string of the molecule is CCCOc1cc(NC(C)(CC)CCl)ncn1. The van der Waals surface area contributed by atoms with E-state index >= 15 is 0 Å². The lowest BCUT2D eigenvalue weighted by atomic mass is 10.0. The van der Waals surface area contributed by atoms with Crippen LogP contribution in [0.5, 0.6) is 5.88 Å². The number of alkyl halides is 1. The number of nitrogens with one attached hydrogen (secondary N) is 1. The van der Waals surface area contributed by atoms with Gasteiger partial charge in [0.2, 0.25) is 5.88 Å². The van der Waals surface area contributed by atoms with Crippen molar-refractivity contribution in [2.24, 2.45) is 0 Å². The fourth-order valence-corrected chi connectivity index (χ4v) is 1.47. The van der Waals surface area contributed by atoms with Gasteiger partial charge in [0.15, 0.2) is 0 Å². The fourth-order valence-electron chi connectivity index (χ4n) is 1.22. The van der Waals surface area contributed by atoms with E-state index in [2.05, 4.69) is 36.1 Å². The molecular weight excluding hydrogens is 238 g/mol. The van der Waals surface area contributed by atoms with Crippen LogP contribution < -0.4 is 10.1 Å². The van der Waals surface area contributed by atoms with Crippen LogP contribution in [0.2, 0.25) is 0 Å². The highest BCUT2D eigenvalue weighted by Gasteiger charge is 2.20. The number of halogens is 1. The lowest BCUT2D eigenvalue weighted by Gasteiger charge is -2.27. The molecule has 1 aromatic heterocycles. The van der Waals surface area contributed by atoms with Crippen LogP contribution in [0.25, 0.3) is 0 Å². The molecule has 1 N–H and O–H groups in total. The minimum absolute atomic E-state index is 0.155. The third kappa shape index (κ3) is 4.38. The Labute approximate surface area is 108 Å². The van der Waals surface area contributed by atoms with E-state index in [1.807, 2.05) is 0 Å². The molecule has 5 heteroatoms. The molecule has 0 spiro atoms. The van der Waals surface area contributed by atoms with Crippen LogP contribution in [0.3, 0.4) is 0 Å². The molecule has 0 amide bonds. The second kappa shape index (κ2) is 6.64. The van der Waals surface area contributed by atoms with Crippen molar-refractivity contribution in [1.82, 2.24) is 9.97 Å². The van der Waals surface area contributed by atoms with E-state index < -0.39 is 0 Å². The Morgan fingerprint density at radius 2 is 2.18 bits per heavy atom. The molecule has 0 aliphatic carbocycles. The number of nitrogens with zero attached hydrogens (tertiary/aromatic N) is 2. The molecule has 0 aliphatic rings. The topological polar surface area (TPSA) is 47.0 Å². The van der Waals surface area contributed by atoms with Crippen LogP contribution in [0.4, 0.5) is 5.82 Å². The van der Waals surface area contributed by atoms with Crippen molar-refractivity contribution in [3.63, 3.8) is 0 Å². The number of anilines is 1. The highest BCUT2D eigenvalue weighted by atomic mass is 35.5. The highest BCUT2D eigenvalue weighted by Crippen LogP contribution is 2.20. The normalized spacial score (nSPS) is 14.1. The average molecular weight is 258 g/mol. The molecule has 0 aliphatic heterocycles. The maximum Gasteiger partial charge on any atom is 0.218 e. The summed E-state index contributed by atoms with van der Waals surface area (Å²) in [4.78, 5) is 8.22. The van der Waals surface area contributed by atoms with Crippen molar-refractivity contribution in [3.05, 3.63) is 12.4 Å². The summed E-state index contributed by atoms with van der Waals surface area (Å²) in [5.74, 6) is 1.87. The van der Waals surface area contributed by atoms with E-state index in [0.29, 0.717) is 18.4 Å². The fraction of sp³-hybridized carbons (Fsp3) is 0.667. The Hall–Kier alpha value is -1.03. The molecule has 0 saturated carbocycles. The monoisotopic (exact) mass is 257 g/mol. The molecule has 17 heavy (non-hydrogen) atoms. The predicted molar refractivity (Wildman–Crippen MR) is 70.9 cm³/mol. The summed E-state index contributed by atoms with van der Waals surface area (Å²) < 4.78 is 5.45. The van der Waals surface area contributed by atoms with Crippen molar-refractivity contribution in [1.29, 1.82) is 0 Å². The number of hydrogen-bond acceptors (Lipinski definition) is 4. The van der Waals surface area contributed by atoms with Crippen LogP contribution in [0, 0.1) is 0 Å². The van der Waals surface area contributed by atoms with Crippen LogP contribution in [-0.4, -0.2) is 28.0 Å². The number of rotatable bonds is 7. The Bertz CT molecular complexity index is 342. The first-order valence-corrected chi connectivity index (χ1v) is 6.46. The molecule has 96 valence electrons. The lowest BCUT2D eigenvalue weighted by molar-refractivity contribution is 0.305. The molecule has 1 aromatic rings. The highest BCUT2D eigenvalue weighted by molar-refractivity contribution is 6.18. The summed E-state index contributed by atoms with van der Waals surface area (Å²) in [6, 6.07) is 1.80. The molecular formula is C12H20ClN3O. The predicted octanol–water partition coefficient (Wildman–Crippen LogP) is 3.08. The van der Waals surface area contributed by atoms with Crippen LogP contribution in [0.15, 0.2) is 12.4 Å². The number of aromatic nitrogens is 2. The molecule has 0 fully saturated rings. The molecule has 1 rings (SSSR count). The van der Waals surface area contributed by atoms with Crippen molar-refractivity contribution < 1.29 is 4.74 Å². The maximum atomic E-state index is 5.95. The van der Waals surface area contributed by atoms with Crippen LogP contribution >= 0.6 is 11.6 Å². The van der Waals surface area contributed by atoms with E-state index in [4.69, 9.17) is 16.3 Å². The van der Waals surface area contributed by atoms with E-state index in [1.54, 1.807) is 6.07 Å². The van der Waals surface area contributed by atoms with Gasteiger partial charge < -0.3 is 10.1 Å². The standard InChI is InChI=1S/C12H20ClN3O/c1-4-6-17-11-7-10(14-9-15-11)16-12(3,5-2)8-13/h7,9H,4-6,8H2,1-3H3,(H,14,15,16). The van der Waals surface area contributed by atoms with E-state index in [9.17, 15) is 0 Å². The van der Waals surface area contributed by atoms with Gasteiger partial charge >= 0.3 is 0 Å².